The molecule has 1 aromatic rings. The first kappa shape index (κ1) is 15.0. The summed E-state index contributed by atoms with van der Waals surface area (Å²) < 4.78 is 11.8. The van der Waals surface area contributed by atoms with Gasteiger partial charge in [-0.2, -0.15) is 0 Å². The van der Waals surface area contributed by atoms with Crippen LogP contribution in [-0.2, 0) is 9.31 Å². The third kappa shape index (κ3) is 2.56. The zero-order chi connectivity index (χ0) is 15.1. The van der Waals surface area contributed by atoms with Gasteiger partial charge in [0.25, 0.3) is 5.69 Å². The van der Waals surface area contributed by atoms with E-state index >= 15 is 0 Å². The third-order valence-corrected chi connectivity index (χ3v) is 4.05. The number of nitrogens with two attached hydrogens (primary N) is 1. The van der Waals surface area contributed by atoms with E-state index in [2.05, 4.69) is 0 Å². The molecule has 0 radical (unpaired) electrons. The highest BCUT2D eigenvalue weighted by Gasteiger charge is 2.53. The number of hydrogen-bond acceptors (Lipinski definition) is 5. The molecule has 7 heteroatoms. The van der Waals surface area contributed by atoms with Crippen molar-refractivity contribution in [2.45, 2.75) is 44.8 Å². The van der Waals surface area contributed by atoms with Gasteiger partial charge in [0.15, 0.2) is 0 Å². The molecule has 2 N–H and O–H groups in total. The van der Waals surface area contributed by atoms with E-state index in [-0.39, 0.29) is 5.69 Å². The number of nitro groups is 1. The molecule has 0 amide bonds. The maximum atomic E-state index is 10.6. The van der Waals surface area contributed by atoms with Crippen molar-refractivity contribution in [3.63, 3.8) is 0 Å². The molecule has 1 atom stereocenters. The van der Waals surface area contributed by atoms with Crippen LogP contribution in [0.3, 0.4) is 0 Å². The predicted molar refractivity (Wildman–Crippen MR) is 76.1 cm³/mol. The molecule has 1 saturated heterocycles. The Morgan fingerprint density at radius 3 is 2.00 bits per heavy atom. The first-order chi connectivity index (χ1) is 9.14. The summed E-state index contributed by atoms with van der Waals surface area (Å²) in [6.45, 7) is 7.82. The summed E-state index contributed by atoms with van der Waals surface area (Å²) in [5.74, 6) is -0.489. The Hall–Kier alpha value is -1.44. The van der Waals surface area contributed by atoms with E-state index in [0.29, 0.717) is 0 Å². The summed E-state index contributed by atoms with van der Waals surface area (Å²) in [7, 11) is -0.568. The van der Waals surface area contributed by atoms with Gasteiger partial charge >= 0.3 is 7.12 Å². The molecule has 2 rings (SSSR count). The van der Waals surface area contributed by atoms with E-state index in [1.165, 1.54) is 12.1 Å². The summed E-state index contributed by atoms with van der Waals surface area (Å²) in [6, 6.07) is 6.13. The number of nitrogens with zero attached hydrogens (tertiary/aromatic N) is 1. The fourth-order valence-electron chi connectivity index (χ4n) is 2.01. The van der Waals surface area contributed by atoms with Gasteiger partial charge in [0.05, 0.1) is 22.1 Å². The number of benzene rings is 1. The molecule has 0 aromatic heterocycles. The Bertz CT molecular complexity index is 500. The smallest absolute Gasteiger partial charge is 0.402 e. The van der Waals surface area contributed by atoms with Crippen LogP contribution in [0.15, 0.2) is 24.3 Å². The van der Waals surface area contributed by atoms with Crippen LogP contribution < -0.4 is 5.73 Å². The normalized spacial score (nSPS) is 21.8. The van der Waals surface area contributed by atoms with Crippen LogP contribution in [0.1, 0.15) is 39.2 Å². The maximum absolute atomic E-state index is 10.6. The van der Waals surface area contributed by atoms with E-state index in [4.69, 9.17) is 15.0 Å². The van der Waals surface area contributed by atoms with Crippen molar-refractivity contribution < 1.29 is 14.2 Å². The van der Waals surface area contributed by atoms with Gasteiger partial charge in [0.2, 0.25) is 0 Å². The average molecular weight is 278 g/mol. The van der Waals surface area contributed by atoms with Crippen LogP contribution in [0.2, 0.25) is 0 Å². The highest BCUT2D eigenvalue weighted by molar-refractivity contribution is 6.47. The minimum atomic E-state index is -0.568. The molecular formula is C13H19BN2O4. The van der Waals surface area contributed by atoms with E-state index in [1.807, 2.05) is 27.7 Å². The Morgan fingerprint density at radius 1 is 1.15 bits per heavy atom. The Balaban J connectivity index is 2.17. The fraction of sp³-hybridized carbons (Fsp3) is 0.538. The number of nitro benzene ring substituents is 1. The van der Waals surface area contributed by atoms with Gasteiger partial charge in [0.1, 0.15) is 0 Å². The summed E-state index contributed by atoms with van der Waals surface area (Å²) in [6.07, 6.45) is 0. The maximum Gasteiger partial charge on any atom is 0.480 e. The molecule has 1 fully saturated rings. The van der Waals surface area contributed by atoms with Crippen LogP contribution in [0.5, 0.6) is 0 Å². The molecule has 0 saturated carbocycles. The van der Waals surface area contributed by atoms with Crippen molar-refractivity contribution >= 4 is 12.8 Å². The number of non-ortho nitro benzene ring substituents is 1. The molecular weight excluding hydrogens is 259 g/mol. The molecule has 108 valence electrons. The van der Waals surface area contributed by atoms with E-state index in [1.54, 1.807) is 12.1 Å². The summed E-state index contributed by atoms with van der Waals surface area (Å²) in [5, 5.41) is 10.6. The van der Waals surface area contributed by atoms with Crippen LogP contribution in [0, 0.1) is 10.1 Å². The van der Waals surface area contributed by atoms with Crippen LogP contribution >= 0.6 is 0 Å². The van der Waals surface area contributed by atoms with Crippen LogP contribution in [0.25, 0.3) is 0 Å². The first-order valence-corrected chi connectivity index (χ1v) is 6.50. The molecule has 1 aromatic carbocycles. The molecule has 0 aliphatic carbocycles. The van der Waals surface area contributed by atoms with E-state index in [0.717, 1.165) is 5.56 Å². The molecule has 0 spiro atoms. The lowest BCUT2D eigenvalue weighted by Crippen LogP contribution is -2.41. The average Bonchev–Trinajstić information content (AvgIpc) is 2.57. The lowest BCUT2D eigenvalue weighted by molar-refractivity contribution is -0.384. The Morgan fingerprint density at radius 2 is 1.60 bits per heavy atom. The topological polar surface area (TPSA) is 87.6 Å². The zero-order valence-corrected chi connectivity index (χ0v) is 12.1. The lowest BCUT2D eigenvalue weighted by atomic mass is 9.75. The van der Waals surface area contributed by atoms with Gasteiger partial charge in [-0.25, -0.2) is 0 Å². The molecule has 1 aliphatic rings. The highest BCUT2D eigenvalue weighted by atomic mass is 16.7. The largest absolute Gasteiger partial charge is 0.480 e. The van der Waals surface area contributed by atoms with E-state index < -0.39 is 29.2 Å². The SMILES string of the molecule is CC1(C)OB([C@H](N)c2ccc([N+](=O)[O-])cc2)OC1(C)C. The monoisotopic (exact) mass is 278 g/mol. The van der Waals surface area contributed by atoms with Crippen molar-refractivity contribution in [1.29, 1.82) is 0 Å². The lowest BCUT2D eigenvalue weighted by Gasteiger charge is -2.32. The van der Waals surface area contributed by atoms with Gasteiger partial charge in [0, 0.05) is 12.1 Å². The molecule has 0 bridgehead atoms. The second-order valence-corrected chi connectivity index (χ2v) is 6.00. The highest BCUT2D eigenvalue weighted by Crippen LogP contribution is 2.39. The standard InChI is InChI=1S/C13H19BN2O4/c1-12(2)13(3,4)20-14(19-12)11(15)9-5-7-10(8-6-9)16(17)18/h5-8,11H,15H2,1-4H3/t11-/m1/s1. The number of rotatable bonds is 3. The fourth-order valence-corrected chi connectivity index (χ4v) is 2.01. The minimum absolute atomic E-state index is 0.0369. The Kier molecular flexibility index (Phi) is 3.62. The number of hydrogen-bond donors (Lipinski definition) is 1. The van der Waals surface area contributed by atoms with Gasteiger partial charge < -0.3 is 15.0 Å². The van der Waals surface area contributed by atoms with Crippen molar-refractivity contribution in [2.24, 2.45) is 5.73 Å². The van der Waals surface area contributed by atoms with Gasteiger partial charge in [-0.1, -0.05) is 12.1 Å². The van der Waals surface area contributed by atoms with Gasteiger partial charge in [-0.05, 0) is 33.3 Å². The molecule has 0 unspecified atom stereocenters. The predicted octanol–water partition coefficient (Wildman–Crippen LogP) is 2.23. The van der Waals surface area contributed by atoms with Crippen molar-refractivity contribution in [2.75, 3.05) is 0 Å². The quantitative estimate of drug-likeness (QED) is 0.520. The zero-order valence-electron chi connectivity index (χ0n) is 12.1. The molecule has 6 nitrogen and oxygen atoms in total. The van der Waals surface area contributed by atoms with Crippen molar-refractivity contribution in [1.82, 2.24) is 0 Å². The first-order valence-electron chi connectivity index (χ1n) is 6.50. The second-order valence-electron chi connectivity index (χ2n) is 6.00. The minimum Gasteiger partial charge on any atom is -0.402 e. The van der Waals surface area contributed by atoms with Gasteiger partial charge in [-0.3, -0.25) is 10.1 Å². The van der Waals surface area contributed by atoms with Crippen LogP contribution in [-0.4, -0.2) is 23.2 Å². The second kappa shape index (κ2) is 4.84. The van der Waals surface area contributed by atoms with Crippen molar-refractivity contribution in [3.8, 4) is 0 Å². The summed E-state index contributed by atoms with van der Waals surface area (Å²) in [4.78, 5) is 10.2. The summed E-state index contributed by atoms with van der Waals surface area (Å²) in [5.41, 5.74) is 6.03. The molecule has 1 aliphatic heterocycles. The van der Waals surface area contributed by atoms with Gasteiger partial charge in [-0.15, -0.1) is 0 Å². The van der Waals surface area contributed by atoms with E-state index in [9.17, 15) is 10.1 Å². The Labute approximate surface area is 118 Å². The third-order valence-electron chi connectivity index (χ3n) is 4.05. The summed E-state index contributed by atoms with van der Waals surface area (Å²) >= 11 is 0. The molecule has 1 heterocycles. The van der Waals surface area contributed by atoms with Crippen molar-refractivity contribution in [3.05, 3.63) is 39.9 Å². The van der Waals surface area contributed by atoms with Crippen LogP contribution in [0.4, 0.5) is 5.69 Å². The molecule has 20 heavy (non-hydrogen) atoms.